The molecule has 4 nitrogen and oxygen atoms in total. The summed E-state index contributed by atoms with van der Waals surface area (Å²) in [6.45, 7) is -0.466. The maximum absolute atomic E-state index is 12.0. The van der Waals surface area contributed by atoms with Crippen molar-refractivity contribution in [2.75, 3.05) is 0 Å². The molecule has 0 unspecified atom stereocenters. The van der Waals surface area contributed by atoms with Crippen LogP contribution in [0.4, 0.5) is 13.2 Å². The molecule has 0 bridgehead atoms. The lowest BCUT2D eigenvalue weighted by atomic mass is 10.4. The Bertz CT molecular complexity index is 438. The first-order chi connectivity index (χ1) is 6.79. The number of rotatable bonds is 2. The van der Waals surface area contributed by atoms with Crippen molar-refractivity contribution in [3.8, 4) is 0 Å². The maximum atomic E-state index is 12.0. The summed E-state index contributed by atoms with van der Waals surface area (Å²) in [4.78, 5) is 2.41. The lowest BCUT2D eigenvalue weighted by Gasteiger charge is -2.07. The smallest absolute Gasteiger partial charge is 0.390 e. The van der Waals surface area contributed by atoms with Crippen LogP contribution in [-0.2, 0) is 16.4 Å². The van der Waals surface area contributed by atoms with Crippen LogP contribution in [0, 0.1) is 0 Å². The second kappa shape index (κ2) is 3.78. The van der Waals surface area contributed by atoms with Gasteiger partial charge in [-0.3, -0.25) is 4.98 Å². The van der Waals surface area contributed by atoms with Gasteiger partial charge in [0.05, 0.1) is 17.2 Å². The molecule has 0 amide bonds. The third-order valence-electron chi connectivity index (χ3n) is 1.57. The predicted octanol–water partition coefficient (Wildman–Crippen LogP) is 0.867. The number of sulfone groups is 1. The van der Waals surface area contributed by atoms with Gasteiger partial charge in [-0.15, -0.1) is 0 Å². The minimum Gasteiger partial charge on any atom is -0.390 e. The predicted molar refractivity (Wildman–Crippen MR) is 43.4 cm³/mol. The van der Waals surface area contributed by atoms with E-state index in [9.17, 15) is 21.6 Å². The van der Waals surface area contributed by atoms with E-state index in [-0.39, 0.29) is 5.69 Å². The van der Waals surface area contributed by atoms with Gasteiger partial charge in [0.15, 0.2) is 0 Å². The van der Waals surface area contributed by atoms with Crippen molar-refractivity contribution in [1.82, 2.24) is 4.98 Å². The van der Waals surface area contributed by atoms with Crippen molar-refractivity contribution in [2.24, 2.45) is 0 Å². The quantitative estimate of drug-likeness (QED) is 0.834. The minimum atomic E-state index is -5.35. The van der Waals surface area contributed by atoms with Gasteiger partial charge in [0.2, 0.25) is 0 Å². The molecule has 0 saturated heterocycles. The minimum absolute atomic E-state index is 0.0936. The highest BCUT2D eigenvalue weighted by atomic mass is 32.2. The topological polar surface area (TPSA) is 67.3 Å². The zero-order valence-electron chi connectivity index (χ0n) is 7.19. The molecule has 84 valence electrons. The van der Waals surface area contributed by atoms with Gasteiger partial charge in [-0.2, -0.15) is 13.2 Å². The van der Waals surface area contributed by atoms with Crippen LogP contribution in [0.5, 0.6) is 0 Å². The first-order valence-electron chi connectivity index (χ1n) is 3.66. The second-order valence-electron chi connectivity index (χ2n) is 2.59. The fraction of sp³-hybridized carbons (Fsp3) is 0.286. The number of alkyl halides is 3. The monoisotopic (exact) mass is 241 g/mol. The largest absolute Gasteiger partial charge is 0.501 e. The van der Waals surface area contributed by atoms with E-state index in [1.54, 1.807) is 0 Å². The van der Waals surface area contributed by atoms with Gasteiger partial charge >= 0.3 is 5.51 Å². The number of aliphatic hydroxyl groups excluding tert-OH is 1. The van der Waals surface area contributed by atoms with Crippen molar-refractivity contribution in [3.05, 3.63) is 24.0 Å². The summed E-state index contributed by atoms with van der Waals surface area (Å²) in [6.07, 6.45) is 0.564. The summed E-state index contributed by atoms with van der Waals surface area (Å²) in [7, 11) is -5.35. The number of aromatic nitrogens is 1. The first kappa shape index (κ1) is 11.9. The molecule has 1 aromatic rings. The Kier molecular flexibility index (Phi) is 3.00. The zero-order valence-corrected chi connectivity index (χ0v) is 8.01. The zero-order chi connectivity index (χ0) is 11.7. The lowest BCUT2D eigenvalue weighted by molar-refractivity contribution is -0.0436. The molecule has 0 spiro atoms. The van der Waals surface area contributed by atoms with Crippen LogP contribution < -0.4 is 0 Å². The van der Waals surface area contributed by atoms with Crippen LogP contribution in [0.25, 0.3) is 0 Å². The number of pyridine rings is 1. The van der Waals surface area contributed by atoms with Crippen molar-refractivity contribution >= 4 is 9.84 Å². The molecule has 1 N–H and O–H groups in total. The SMILES string of the molecule is O=S(=O)(c1ccc(CO)nc1)C(F)(F)F. The molecule has 15 heavy (non-hydrogen) atoms. The Morgan fingerprint density at radius 3 is 2.27 bits per heavy atom. The van der Waals surface area contributed by atoms with Crippen molar-refractivity contribution < 1.29 is 26.7 Å². The molecular formula is C7H6F3NO3S. The van der Waals surface area contributed by atoms with E-state index in [4.69, 9.17) is 5.11 Å². The fourth-order valence-corrected chi connectivity index (χ4v) is 1.50. The molecule has 1 aromatic heterocycles. The molecular weight excluding hydrogens is 235 g/mol. The van der Waals surface area contributed by atoms with Crippen molar-refractivity contribution in [1.29, 1.82) is 0 Å². The van der Waals surface area contributed by atoms with Crippen LogP contribution in [0.15, 0.2) is 23.2 Å². The maximum Gasteiger partial charge on any atom is 0.501 e. The molecule has 0 aliphatic heterocycles. The molecule has 0 aromatic carbocycles. The third kappa shape index (κ3) is 2.26. The number of hydrogen-bond donors (Lipinski definition) is 1. The molecule has 8 heteroatoms. The van der Waals surface area contributed by atoms with E-state index in [2.05, 4.69) is 4.98 Å². The van der Waals surface area contributed by atoms with Gasteiger partial charge in [-0.1, -0.05) is 0 Å². The standard InChI is InChI=1S/C7H6F3NO3S/c8-7(9,10)15(13,14)6-2-1-5(4-12)11-3-6/h1-3,12H,4H2. The van der Waals surface area contributed by atoms with Gasteiger partial charge in [0.25, 0.3) is 9.84 Å². The molecule has 1 rings (SSSR count). The van der Waals surface area contributed by atoms with Gasteiger partial charge in [-0.25, -0.2) is 8.42 Å². The molecule has 0 atom stereocenters. The Morgan fingerprint density at radius 1 is 1.33 bits per heavy atom. The normalized spacial score (nSPS) is 12.8. The molecule has 0 saturated carbocycles. The third-order valence-corrected chi connectivity index (χ3v) is 3.05. The van der Waals surface area contributed by atoms with Crippen LogP contribution in [-0.4, -0.2) is 24.0 Å². The van der Waals surface area contributed by atoms with Gasteiger partial charge in [0, 0.05) is 6.20 Å². The summed E-state index contributed by atoms with van der Waals surface area (Å²) < 4.78 is 57.8. The number of hydrogen-bond acceptors (Lipinski definition) is 4. The molecule has 0 aliphatic carbocycles. The first-order valence-corrected chi connectivity index (χ1v) is 5.14. The summed E-state index contributed by atoms with van der Waals surface area (Å²) in [5.41, 5.74) is -5.24. The van der Waals surface area contributed by atoms with Crippen LogP contribution >= 0.6 is 0 Å². The highest BCUT2D eigenvalue weighted by Crippen LogP contribution is 2.29. The summed E-state index contributed by atoms with van der Waals surface area (Å²) in [6, 6.07) is 1.76. The van der Waals surface area contributed by atoms with Crippen LogP contribution in [0.1, 0.15) is 5.69 Å². The van der Waals surface area contributed by atoms with E-state index in [0.717, 1.165) is 12.1 Å². The Balaban J connectivity index is 3.18. The fourth-order valence-electron chi connectivity index (χ4n) is 0.797. The van der Waals surface area contributed by atoms with E-state index < -0.39 is 26.8 Å². The number of aliphatic hydroxyl groups is 1. The van der Waals surface area contributed by atoms with Gasteiger partial charge in [-0.05, 0) is 12.1 Å². The average molecular weight is 241 g/mol. The average Bonchev–Trinajstić information content (AvgIpc) is 2.16. The Morgan fingerprint density at radius 2 is 1.93 bits per heavy atom. The van der Waals surface area contributed by atoms with E-state index in [0.29, 0.717) is 6.20 Å². The summed E-state index contributed by atoms with van der Waals surface area (Å²) in [5.74, 6) is 0. The molecule has 0 radical (unpaired) electrons. The number of halogens is 3. The molecule has 0 fully saturated rings. The van der Waals surface area contributed by atoms with E-state index in [1.807, 2.05) is 0 Å². The highest BCUT2D eigenvalue weighted by molar-refractivity contribution is 7.92. The van der Waals surface area contributed by atoms with Crippen LogP contribution in [0.2, 0.25) is 0 Å². The molecule has 1 heterocycles. The summed E-state index contributed by atoms with van der Waals surface area (Å²) in [5, 5.41) is 8.56. The van der Waals surface area contributed by atoms with Gasteiger partial charge in [0.1, 0.15) is 0 Å². The van der Waals surface area contributed by atoms with E-state index in [1.165, 1.54) is 0 Å². The highest BCUT2D eigenvalue weighted by Gasteiger charge is 2.46. The Labute approximate surface area is 83.3 Å². The Hall–Kier alpha value is -1.15. The molecule has 0 aliphatic rings. The van der Waals surface area contributed by atoms with Crippen molar-refractivity contribution in [3.63, 3.8) is 0 Å². The van der Waals surface area contributed by atoms with Gasteiger partial charge < -0.3 is 5.11 Å². The number of nitrogens with zero attached hydrogens (tertiary/aromatic N) is 1. The van der Waals surface area contributed by atoms with Crippen LogP contribution in [0.3, 0.4) is 0 Å². The van der Waals surface area contributed by atoms with E-state index >= 15 is 0 Å². The summed E-state index contributed by atoms with van der Waals surface area (Å²) >= 11 is 0. The second-order valence-corrected chi connectivity index (χ2v) is 4.53. The lowest BCUT2D eigenvalue weighted by Crippen LogP contribution is -2.23. The van der Waals surface area contributed by atoms with Crippen molar-refractivity contribution in [2.45, 2.75) is 17.0 Å².